The number of esters is 1. The maximum Gasteiger partial charge on any atom is 0.343 e. The van der Waals surface area contributed by atoms with E-state index in [-0.39, 0.29) is 17.2 Å². The smallest absolute Gasteiger partial charge is 0.343 e. The molecule has 0 aliphatic carbocycles. The Hall–Kier alpha value is -2.19. The molecule has 1 aliphatic heterocycles. The lowest BCUT2D eigenvalue weighted by atomic mass is 10.1. The number of rotatable bonds is 5. The molecule has 2 N–H and O–H groups in total. The van der Waals surface area contributed by atoms with E-state index in [9.17, 15) is 14.0 Å². The maximum absolute atomic E-state index is 13.7. The first-order valence-corrected chi connectivity index (χ1v) is 6.74. The number of hydrogen-bond acceptors (Lipinski definition) is 5. The molecule has 2 rings (SSSR count). The molecule has 1 aromatic rings. The summed E-state index contributed by atoms with van der Waals surface area (Å²) in [5, 5.41) is 2.39. The van der Waals surface area contributed by atoms with Gasteiger partial charge in [0.2, 0.25) is 0 Å². The molecule has 22 heavy (non-hydrogen) atoms. The van der Waals surface area contributed by atoms with Crippen molar-refractivity contribution in [1.29, 1.82) is 0 Å². The minimum atomic E-state index is -0.784. The maximum atomic E-state index is 13.7. The molecule has 1 unspecified atom stereocenters. The van der Waals surface area contributed by atoms with Gasteiger partial charge in [0.25, 0.3) is 0 Å². The molecule has 1 atom stereocenters. The van der Waals surface area contributed by atoms with Crippen LogP contribution in [0.4, 0.5) is 14.9 Å². The standard InChI is InChI=1S/C14H17FN2O5/c1-20-13(18)11-3-2-10(6-12(11)15)16-14(19)17-22-8-9-4-5-21-7-9/h2-3,6,9H,4-5,7-8H2,1H3,(H2,16,17,19). The van der Waals surface area contributed by atoms with E-state index in [0.717, 1.165) is 19.6 Å². The lowest BCUT2D eigenvalue weighted by Gasteiger charge is -2.11. The van der Waals surface area contributed by atoms with E-state index < -0.39 is 17.8 Å². The van der Waals surface area contributed by atoms with Crippen LogP contribution in [0.25, 0.3) is 0 Å². The number of nitrogens with one attached hydrogen (secondary N) is 2. The van der Waals surface area contributed by atoms with E-state index in [4.69, 9.17) is 9.57 Å². The summed E-state index contributed by atoms with van der Waals surface area (Å²) in [6.07, 6.45) is 0.892. The average molecular weight is 312 g/mol. The molecule has 1 saturated heterocycles. The fourth-order valence-corrected chi connectivity index (χ4v) is 1.96. The number of carbonyl (C=O) groups is 2. The minimum Gasteiger partial charge on any atom is -0.465 e. The Morgan fingerprint density at radius 3 is 2.91 bits per heavy atom. The van der Waals surface area contributed by atoms with Gasteiger partial charge in [0.15, 0.2) is 0 Å². The highest BCUT2D eigenvalue weighted by molar-refractivity contribution is 5.92. The zero-order valence-electron chi connectivity index (χ0n) is 12.1. The number of urea groups is 1. The van der Waals surface area contributed by atoms with Gasteiger partial charge in [-0.1, -0.05) is 0 Å². The SMILES string of the molecule is COC(=O)c1ccc(NC(=O)NOCC2CCOC2)cc1F. The molecule has 1 heterocycles. The second kappa shape index (κ2) is 7.71. The van der Waals surface area contributed by atoms with E-state index in [1.807, 2.05) is 0 Å². The van der Waals surface area contributed by atoms with Crippen molar-refractivity contribution in [2.24, 2.45) is 5.92 Å². The number of anilines is 1. The third kappa shape index (κ3) is 4.40. The van der Waals surface area contributed by atoms with Gasteiger partial charge in [-0.05, 0) is 24.6 Å². The van der Waals surface area contributed by atoms with E-state index >= 15 is 0 Å². The van der Waals surface area contributed by atoms with Gasteiger partial charge in [-0.2, -0.15) is 0 Å². The molecule has 0 bridgehead atoms. The Kier molecular flexibility index (Phi) is 5.68. The quantitative estimate of drug-likeness (QED) is 0.638. The molecule has 1 fully saturated rings. The monoisotopic (exact) mass is 312 g/mol. The Morgan fingerprint density at radius 2 is 2.27 bits per heavy atom. The predicted octanol–water partition coefficient (Wildman–Crippen LogP) is 1.70. The summed E-state index contributed by atoms with van der Waals surface area (Å²) < 4.78 is 23.3. The van der Waals surface area contributed by atoms with Crippen LogP contribution in [0, 0.1) is 11.7 Å². The molecule has 7 nitrogen and oxygen atoms in total. The number of ether oxygens (including phenoxy) is 2. The van der Waals surface area contributed by atoms with Crippen molar-refractivity contribution in [3.8, 4) is 0 Å². The van der Waals surface area contributed by atoms with E-state index in [1.54, 1.807) is 0 Å². The summed E-state index contributed by atoms with van der Waals surface area (Å²) in [5.74, 6) is -1.30. The van der Waals surface area contributed by atoms with Gasteiger partial charge in [0.1, 0.15) is 5.82 Å². The van der Waals surface area contributed by atoms with Gasteiger partial charge < -0.3 is 14.8 Å². The summed E-state index contributed by atoms with van der Waals surface area (Å²) in [4.78, 5) is 27.9. The third-order valence-electron chi connectivity index (χ3n) is 3.14. The molecular weight excluding hydrogens is 295 g/mol. The van der Waals surface area contributed by atoms with Crippen LogP contribution in [0.15, 0.2) is 18.2 Å². The van der Waals surface area contributed by atoms with Crippen LogP contribution in [-0.4, -0.2) is 38.9 Å². The summed E-state index contributed by atoms with van der Waals surface area (Å²) in [6.45, 7) is 1.67. The summed E-state index contributed by atoms with van der Waals surface area (Å²) in [7, 11) is 1.16. The molecule has 2 amide bonds. The number of amides is 2. The van der Waals surface area contributed by atoms with Crippen molar-refractivity contribution in [2.75, 3.05) is 32.2 Å². The number of hydrogen-bond donors (Lipinski definition) is 2. The van der Waals surface area contributed by atoms with Crippen molar-refractivity contribution >= 4 is 17.7 Å². The molecule has 8 heteroatoms. The summed E-state index contributed by atoms with van der Waals surface area (Å²) in [6, 6.07) is 3.01. The summed E-state index contributed by atoms with van der Waals surface area (Å²) >= 11 is 0. The second-order valence-corrected chi connectivity index (χ2v) is 4.78. The second-order valence-electron chi connectivity index (χ2n) is 4.78. The van der Waals surface area contributed by atoms with Crippen molar-refractivity contribution in [3.63, 3.8) is 0 Å². The number of halogens is 1. The van der Waals surface area contributed by atoms with Crippen LogP contribution >= 0.6 is 0 Å². The van der Waals surface area contributed by atoms with Crippen LogP contribution in [0.5, 0.6) is 0 Å². The molecule has 0 radical (unpaired) electrons. The molecule has 120 valence electrons. The van der Waals surface area contributed by atoms with Crippen LogP contribution < -0.4 is 10.8 Å². The molecule has 0 saturated carbocycles. The first-order valence-electron chi connectivity index (χ1n) is 6.74. The van der Waals surface area contributed by atoms with Crippen molar-refractivity contribution in [1.82, 2.24) is 5.48 Å². The van der Waals surface area contributed by atoms with Gasteiger partial charge in [0, 0.05) is 18.2 Å². The topological polar surface area (TPSA) is 85.9 Å². The highest BCUT2D eigenvalue weighted by Crippen LogP contribution is 2.15. The molecular formula is C14H17FN2O5. The van der Waals surface area contributed by atoms with Gasteiger partial charge in [-0.3, -0.25) is 4.84 Å². The molecule has 1 aromatic carbocycles. The number of methoxy groups -OCH3 is 1. The largest absolute Gasteiger partial charge is 0.465 e. The van der Waals surface area contributed by atoms with E-state index in [2.05, 4.69) is 15.5 Å². The van der Waals surface area contributed by atoms with Gasteiger partial charge in [0.05, 0.1) is 25.9 Å². The normalized spacial score (nSPS) is 17.1. The van der Waals surface area contributed by atoms with Crippen LogP contribution in [-0.2, 0) is 14.3 Å². The predicted molar refractivity (Wildman–Crippen MR) is 74.8 cm³/mol. The zero-order chi connectivity index (χ0) is 15.9. The molecule has 0 aromatic heterocycles. The fraction of sp³-hybridized carbons (Fsp3) is 0.429. The number of benzene rings is 1. The first-order chi connectivity index (χ1) is 10.6. The summed E-state index contributed by atoms with van der Waals surface area (Å²) in [5.41, 5.74) is 2.19. The van der Waals surface area contributed by atoms with Gasteiger partial charge >= 0.3 is 12.0 Å². The fourth-order valence-electron chi connectivity index (χ4n) is 1.96. The Bertz CT molecular complexity index is 546. The molecule has 1 aliphatic rings. The van der Waals surface area contributed by atoms with Crippen LogP contribution in [0.2, 0.25) is 0 Å². The third-order valence-corrected chi connectivity index (χ3v) is 3.14. The lowest BCUT2D eigenvalue weighted by Crippen LogP contribution is -2.31. The average Bonchev–Trinajstić information content (AvgIpc) is 3.00. The Balaban J connectivity index is 1.80. The highest BCUT2D eigenvalue weighted by Gasteiger charge is 2.16. The zero-order valence-corrected chi connectivity index (χ0v) is 12.1. The van der Waals surface area contributed by atoms with Crippen LogP contribution in [0.3, 0.4) is 0 Å². The van der Waals surface area contributed by atoms with Crippen molar-refractivity contribution < 1.29 is 28.3 Å². The molecule has 0 spiro atoms. The van der Waals surface area contributed by atoms with E-state index in [1.165, 1.54) is 12.1 Å². The van der Waals surface area contributed by atoms with Gasteiger partial charge in [-0.25, -0.2) is 19.5 Å². The van der Waals surface area contributed by atoms with Crippen molar-refractivity contribution in [2.45, 2.75) is 6.42 Å². The van der Waals surface area contributed by atoms with Gasteiger partial charge in [-0.15, -0.1) is 0 Å². The first kappa shape index (κ1) is 16.2. The van der Waals surface area contributed by atoms with Crippen LogP contribution in [0.1, 0.15) is 16.8 Å². The Morgan fingerprint density at radius 1 is 1.45 bits per heavy atom. The lowest BCUT2D eigenvalue weighted by molar-refractivity contribution is 0.0373. The van der Waals surface area contributed by atoms with E-state index in [0.29, 0.717) is 19.8 Å². The van der Waals surface area contributed by atoms with Crippen molar-refractivity contribution in [3.05, 3.63) is 29.6 Å². The number of hydroxylamine groups is 1. The number of carbonyl (C=O) groups excluding carboxylic acids is 2. The highest BCUT2D eigenvalue weighted by atomic mass is 19.1. The Labute approximate surface area is 126 Å². The minimum absolute atomic E-state index is 0.190.